The molecule has 1 atom stereocenters. The summed E-state index contributed by atoms with van der Waals surface area (Å²) in [6.07, 6.45) is 3.93. The highest BCUT2D eigenvalue weighted by molar-refractivity contribution is 7.99. The monoisotopic (exact) mass is 318 g/mol. The third-order valence-corrected chi connectivity index (χ3v) is 4.38. The first-order valence-corrected chi connectivity index (χ1v) is 8.28. The highest BCUT2D eigenvalue weighted by Crippen LogP contribution is 2.19. The van der Waals surface area contributed by atoms with Crippen molar-refractivity contribution in [2.45, 2.75) is 24.1 Å². The molecule has 1 aliphatic heterocycles. The zero-order valence-electron chi connectivity index (χ0n) is 12.1. The Morgan fingerprint density at radius 3 is 3.05 bits per heavy atom. The number of ether oxygens (including phenoxy) is 1. The Morgan fingerprint density at radius 2 is 2.27 bits per heavy atom. The lowest BCUT2D eigenvalue weighted by molar-refractivity contribution is -0.119. The summed E-state index contributed by atoms with van der Waals surface area (Å²) >= 11 is 1.38. The van der Waals surface area contributed by atoms with Gasteiger partial charge in [0.15, 0.2) is 5.16 Å². The van der Waals surface area contributed by atoms with E-state index >= 15 is 0 Å². The van der Waals surface area contributed by atoms with Crippen LogP contribution in [0, 0.1) is 0 Å². The van der Waals surface area contributed by atoms with Gasteiger partial charge in [-0.2, -0.15) is 0 Å². The average Bonchev–Trinajstić information content (AvgIpc) is 3.23. The Bertz CT molecular complexity index is 611. The van der Waals surface area contributed by atoms with Crippen molar-refractivity contribution in [3.63, 3.8) is 0 Å². The molecule has 7 heteroatoms. The standard InChI is InChI=1S/C15H18N4O2S/c20-14(16-9-13-7-4-8-21-13)10-22-15-18-17-11-19(15)12-5-2-1-3-6-12/h1-3,5-6,11,13H,4,7-10H2,(H,16,20)/t13-/m1/s1. The SMILES string of the molecule is O=C(CSc1nncn1-c1ccccc1)NC[C@H]1CCCO1. The van der Waals surface area contributed by atoms with E-state index in [4.69, 9.17) is 4.74 Å². The van der Waals surface area contributed by atoms with Crippen LogP contribution in [-0.2, 0) is 9.53 Å². The molecule has 1 saturated heterocycles. The second-order valence-corrected chi connectivity index (χ2v) is 5.99. The number of nitrogens with zero attached hydrogens (tertiary/aromatic N) is 3. The van der Waals surface area contributed by atoms with Gasteiger partial charge in [0.1, 0.15) is 6.33 Å². The third kappa shape index (κ3) is 3.86. The number of nitrogens with one attached hydrogen (secondary N) is 1. The minimum Gasteiger partial charge on any atom is -0.376 e. The Kier molecular flexibility index (Phi) is 5.07. The van der Waals surface area contributed by atoms with Crippen molar-refractivity contribution in [2.75, 3.05) is 18.9 Å². The summed E-state index contributed by atoms with van der Waals surface area (Å²) in [6, 6.07) is 9.82. The van der Waals surface area contributed by atoms with Gasteiger partial charge in [0.2, 0.25) is 5.91 Å². The number of para-hydroxylation sites is 1. The summed E-state index contributed by atoms with van der Waals surface area (Å²) in [5.74, 6) is 0.307. The van der Waals surface area contributed by atoms with Gasteiger partial charge < -0.3 is 10.1 Å². The second kappa shape index (κ2) is 7.42. The van der Waals surface area contributed by atoms with E-state index in [2.05, 4.69) is 15.5 Å². The van der Waals surface area contributed by atoms with Gasteiger partial charge in [-0.3, -0.25) is 9.36 Å². The normalized spacial score (nSPS) is 17.5. The Balaban J connectivity index is 1.51. The van der Waals surface area contributed by atoms with Crippen LogP contribution in [-0.4, -0.2) is 45.7 Å². The number of carbonyl (C=O) groups excluding carboxylic acids is 1. The molecule has 116 valence electrons. The number of amides is 1. The van der Waals surface area contributed by atoms with E-state index in [0.29, 0.717) is 17.5 Å². The summed E-state index contributed by atoms with van der Waals surface area (Å²) in [4.78, 5) is 11.9. The molecule has 1 fully saturated rings. The Labute approximate surface area is 133 Å². The van der Waals surface area contributed by atoms with Crippen molar-refractivity contribution in [2.24, 2.45) is 0 Å². The topological polar surface area (TPSA) is 69.0 Å². The highest BCUT2D eigenvalue weighted by atomic mass is 32.2. The van der Waals surface area contributed by atoms with Gasteiger partial charge in [-0.15, -0.1) is 10.2 Å². The zero-order valence-corrected chi connectivity index (χ0v) is 13.0. The predicted octanol–water partition coefficient (Wildman–Crippen LogP) is 1.65. The van der Waals surface area contributed by atoms with Crippen LogP contribution in [0.25, 0.3) is 5.69 Å². The van der Waals surface area contributed by atoms with Crippen LogP contribution >= 0.6 is 11.8 Å². The molecule has 1 aromatic carbocycles. The maximum absolute atomic E-state index is 11.9. The molecular formula is C15H18N4O2S. The van der Waals surface area contributed by atoms with Gasteiger partial charge in [-0.25, -0.2) is 0 Å². The molecule has 0 bridgehead atoms. The van der Waals surface area contributed by atoms with E-state index in [-0.39, 0.29) is 12.0 Å². The summed E-state index contributed by atoms with van der Waals surface area (Å²) in [7, 11) is 0. The summed E-state index contributed by atoms with van der Waals surface area (Å²) in [6.45, 7) is 1.39. The fourth-order valence-corrected chi connectivity index (χ4v) is 3.06. The fraction of sp³-hybridized carbons (Fsp3) is 0.400. The summed E-state index contributed by atoms with van der Waals surface area (Å²) < 4.78 is 7.36. The largest absolute Gasteiger partial charge is 0.376 e. The van der Waals surface area contributed by atoms with E-state index < -0.39 is 0 Å². The summed E-state index contributed by atoms with van der Waals surface area (Å²) in [5, 5.41) is 11.6. The molecule has 0 unspecified atom stereocenters. The van der Waals surface area contributed by atoms with Gasteiger partial charge >= 0.3 is 0 Å². The van der Waals surface area contributed by atoms with Crippen LogP contribution in [0.5, 0.6) is 0 Å². The maximum atomic E-state index is 11.9. The number of carbonyl (C=O) groups is 1. The van der Waals surface area contributed by atoms with Crippen molar-refractivity contribution >= 4 is 17.7 Å². The van der Waals surface area contributed by atoms with E-state index in [1.165, 1.54) is 11.8 Å². The van der Waals surface area contributed by atoms with Crippen molar-refractivity contribution in [1.82, 2.24) is 20.1 Å². The predicted molar refractivity (Wildman–Crippen MR) is 84.1 cm³/mol. The molecular weight excluding hydrogens is 300 g/mol. The lowest BCUT2D eigenvalue weighted by Gasteiger charge is -2.10. The van der Waals surface area contributed by atoms with Crippen molar-refractivity contribution in [3.05, 3.63) is 36.7 Å². The average molecular weight is 318 g/mol. The van der Waals surface area contributed by atoms with Gasteiger partial charge in [-0.05, 0) is 25.0 Å². The minimum absolute atomic E-state index is 0.0110. The van der Waals surface area contributed by atoms with Gasteiger partial charge in [0.25, 0.3) is 0 Å². The van der Waals surface area contributed by atoms with E-state index in [0.717, 1.165) is 25.1 Å². The first-order valence-electron chi connectivity index (χ1n) is 7.29. The number of rotatable bonds is 6. The third-order valence-electron chi connectivity index (χ3n) is 3.43. The van der Waals surface area contributed by atoms with Crippen LogP contribution < -0.4 is 5.32 Å². The Morgan fingerprint density at radius 1 is 1.41 bits per heavy atom. The second-order valence-electron chi connectivity index (χ2n) is 5.05. The number of thioether (sulfide) groups is 1. The van der Waals surface area contributed by atoms with Gasteiger partial charge in [0, 0.05) is 18.8 Å². The molecule has 2 heterocycles. The quantitative estimate of drug-likeness (QED) is 0.820. The fourth-order valence-electron chi connectivity index (χ4n) is 2.30. The summed E-state index contributed by atoms with van der Waals surface area (Å²) in [5.41, 5.74) is 0.981. The molecule has 0 aliphatic carbocycles. The van der Waals surface area contributed by atoms with E-state index in [1.54, 1.807) is 6.33 Å². The molecule has 1 aromatic heterocycles. The molecule has 6 nitrogen and oxygen atoms in total. The molecule has 22 heavy (non-hydrogen) atoms. The van der Waals surface area contributed by atoms with Crippen LogP contribution in [0.2, 0.25) is 0 Å². The first kappa shape index (κ1) is 15.1. The molecule has 0 spiro atoms. The first-order chi connectivity index (χ1) is 10.8. The highest BCUT2D eigenvalue weighted by Gasteiger charge is 2.16. The van der Waals surface area contributed by atoms with Crippen LogP contribution in [0.1, 0.15) is 12.8 Å². The number of benzene rings is 1. The number of hydrogen-bond acceptors (Lipinski definition) is 5. The van der Waals surface area contributed by atoms with Crippen LogP contribution in [0.4, 0.5) is 0 Å². The van der Waals surface area contributed by atoms with Crippen LogP contribution in [0.15, 0.2) is 41.8 Å². The smallest absolute Gasteiger partial charge is 0.230 e. The molecule has 3 rings (SSSR count). The zero-order chi connectivity index (χ0) is 15.2. The van der Waals surface area contributed by atoms with Crippen molar-refractivity contribution < 1.29 is 9.53 Å². The molecule has 1 aliphatic rings. The van der Waals surface area contributed by atoms with E-state index in [1.807, 2.05) is 34.9 Å². The number of aromatic nitrogens is 3. The van der Waals surface area contributed by atoms with Crippen LogP contribution in [0.3, 0.4) is 0 Å². The molecule has 0 radical (unpaired) electrons. The lowest BCUT2D eigenvalue weighted by atomic mass is 10.2. The minimum atomic E-state index is -0.0110. The number of hydrogen-bond donors (Lipinski definition) is 1. The van der Waals surface area contributed by atoms with E-state index in [9.17, 15) is 4.79 Å². The van der Waals surface area contributed by atoms with Crippen molar-refractivity contribution in [1.29, 1.82) is 0 Å². The van der Waals surface area contributed by atoms with Crippen molar-refractivity contribution in [3.8, 4) is 5.69 Å². The Hall–Kier alpha value is -1.86. The van der Waals surface area contributed by atoms with Gasteiger partial charge in [-0.1, -0.05) is 30.0 Å². The lowest BCUT2D eigenvalue weighted by Crippen LogP contribution is -2.32. The molecule has 2 aromatic rings. The molecule has 1 N–H and O–H groups in total. The molecule has 1 amide bonds. The van der Waals surface area contributed by atoms with Gasteiger partial charge in [0.05, 0.1) is 11.9 Å². The maximum Gasteiger partial charge on any atom is 0.230 e. The molecule has 0 saturated carbocycles.